The van der Waals surface area contributed by atoms with Crippen LogP contribution in [0.3, 0.4) is 0 Å². The summed E-state index contributed by atoms with van der Waals surface area (Å²) in [5, 5.41) is 10.1. The Hall–Kier alpha value is -1.86. The Bertz CT molecular complexity index is 595. The van der Waals surface area contributed by atoms with E-state index >= 15 is 0 Å². The third-order valence-electron chi connectivity index (χ3n) is 2.59. The Labute approximate surface area is 108 Å². The van der Waals surface area contributed by atoms with E-state index in [9.17, 15) is 4.79 Å². The first-order valence-electron chi connectivity index (χ1n) is 5.31. The van der Waals surface area contributed by atoms with Gasteiger partial charge in [0.2, 0.25) is 0 Å². The fraction of sp³-hybridized carbons (Fsp3) is 0.300. The van der Waals surface area contributed by atoms with Crippen LogP contribution in [0.1, 0.15) is 18.7 Å². The van der Waals surface area contributed by atoms with Crippen LogP contribution in [0.4, 0.5) is 10.5 Å². The number of urea groups is 1. The molecule has 96 valence electrons. The summed E-state index contributed by atoms with van der Waals surface area (Å²) in [6, 6.07) is 0.925. The Balaban J connectivity index is 2.65. The van der Waals surface area contributed by atoms with Gasteiger partial charge in [0, 0.05) is 12.1 Å². The van der Waals surface area contributed by atoms with Gasteiger partial charge in [0.05, 0.1) is 17.6 Å². The highest BCUT2D eigenvalue weighted by Gasteiger charge is 2.17. The average molecular weight is 269 g/mol. The van der Waals surface area contributed by atoms with Crippen molar-refractivity contribution in [2.75, 3.05) is 12.4 Å². The number of fused-ring (bicyclic) bond motifs is 1. The molecule has 0 aliphatic rings. The summed E-state index contributed by atoms with van der Waals surface area (Å²) in [5.41, 5.74) is 6.96. The summed E-state index contributed by atoms with van der Waals surface area (Å²) >= 11 is 5.86. The summed E-state index contributed by atoms with van der Waals surface area (Å²) in [5.74, 6) is 0. The quantitative estimate of drug-likeness (QED) is 0.778. The first-order valence-corrected chi connectivity index (χ1v) is 5.68. The number of carbonyl (C=O) groups excluding carboxylic acids is 1. The molecule has 0 saturated heterocycles. The van der Waals surface area contributed by atoms with Crippen molar-refractivity contribution < 1.29 is 4.79 Å². The molecule has 0 fully saturated rings. The highest BCUT2D eigenvalue weighted by atomic mass is 35.5. The molecule has 0 aromatic carbocycles. The number of halogens is 1. The Kier molecular flexibility index (Phi) is 3.35. The standard InChI is InChI=1S/C10H13ClN6O/c1-5(13-2)9-6(15-10(12)18)4-14-8-3-7(11)16-17(8)9/h3-5,13H,1-2H3,(H3,12,15,18). The molecule has 1 unspecified atom stereocenters. The van der Waals surface area contributed by atoms with Crippen LogP contribution in [0.5, 0.6) is 0 Å². The van der Waals surface area contributed by atoms with Crippen LogP contribution in [0.25, 0.3) is 5.65 Å². The van der Waals surface area contributed by atoms with Crippen molar-refractivity contribution >= 4 is 29.0 Å². The molecule has 1 atom stereocenters. The predicted octanol–water partition coefficient (Wildman–Crippen LogP) is 1.15. The maximum Gasteiger partial charge on any atom is 0.316 e. The molecule has 0 saturated carbocycles. The van der Waals surface area contributed by atoms with Crippen molar-refractivity contribution in [3.05, 3.63) is 23.1 Å². The van der Waals surface area contributed by atoms with Crippen LogP contribution in [0.15, 0.2) is 12.3 Å². The second-order valence-electron chi connectivity index (χ2n) is 3.79. The SMILES string of the molecule is CNC(C)c1c(NC(N)=O)cnc2cc(Cl)nn12. The normalized spacial score (nSPS) is 12.6. The fourth-order valence-corrected chi connectivity index (χ4v) is 1.88. The molecular formula is C10H13ClN6O. The minimum atomic E-state index is -0.654. The third kappa shape index (κ3) is 2.22. The van der Waals surface area contributed by atoms with Gasteiger partial charge in [-0.3, -0.25) is 0 Å². The minimum Gasteiger partial charge on any atom is -0.351 e. The van der Waals surface area contributed by atoms with Gasteiger partial charge in [0.15, 0.2) is 10.8 Å². The number of anilines is 1. The van der Waals surface area contributed by atoms with Gasteiger partial charge in [-0.15, -0.1) is 0 Å². The maximum atomic E-state index is 11.0. The molecule has 8 heteroatoms. The first-order chi connectivity index (χ1) is 8.52. The van der Waals surface area contributed by atoms with E-state index in [0.29, 0.717) is 16.5 Å². The number of aromatic nitrogens is 3. The lowest BCUT2D eigenvalue weighted by Crippen LogP contribution is -2.24. The molecule has 2 heterocycles. The summed E-state index contributed by atoms with van der Waals surface area (Å²) in [6.07, 6.45) is 1.53. The van der Waals surface area contributed by atoms with E-state index in [1.54, 1.807) is 17.6 Å². The smallest absolute Gasteiger partial charge is 0.316 e. The topological polar surface area (TPSA) is 97.3 Å². The lowest BCUT2D eigenvalue weighted by molar-refractivity contribution is 0.259. The Morgan fingerprint density at radius 3 is 2.94 bits per heavy atom. The second-order valence-corrected chi connectivity index (χ2v) is 4.18. The van der Waals surface area contributed by atoms with Crippen molar-refractivity contribution in [2.45, 2.75) is 13.0 Å². The molecule has 2 aromatic heterocycles. The summed E-state index contributed by atoms with van der Waals surface area (Å²) in [4.78, 5) is 15.1. The van der Waals surface area contributed by atoms with E-state index in [2.05, 4.69) is 20.7 Å². The molecule has 2 rings (SSSR count). The van der Waals surface area contributed by atoms with Crippen LogP contribution in [-0.4, -0.2) is 27.7 Å². The summed E-state index contributed by atoms with van der Waals surface area (Å²) < 4.78 is 1.58. The molecule has 4 N–H and O–H groups in total. The van der Waals surface area contributed by atoms with Gasteiger partial charge in [-0.05, 0) is 14.0 Å². The van der Waals surface area contributed by atoms with Crippen LogP contribution in [0.2, 0.25) is 5.15 Å². The van der Waals surface area contributed by atoms with E-state index in [1.165, 1.54) is 6.20 Å². The lowest BCUT2D eigenvalue weighted by atomic mass is 10.2. The van der Waals surface area contributed by atoms with Crippen molar-refractivity contribution in [3.8, 4) is 0 Å². The van der Waals surface area contributed by atoms with E-state index in [-0.39, 0.29) is 6.04 Å². The molecule has 0 spiro atoms. The summed E-state index contributed by atoms with van der Waals surface area (Å²) in [6.45, 7) is 1.93. The number of hydrogen-bond donors (Lipinski definition) is 3. The Morgan fingerprint density at radius 1 is 1.61 bits per heavy atom. The zero-order valence-corrected chi connectivity index (χ0v) is 10.7. The zero-order valence-electron chi connectivity index (χ0n) is 9.94. The van der Waals surface area contributed by atoms with E-state index < -0.39 is 6.03 Å². The number of nitrogens with one attached hydrogen (secondary N) is 2. The van der Waals surface area contributed by atoms with Crippen molar-refractivity contribution in [3.63, 3.8) is 0 Å². The third-order valence-corrected chi connectivity index (χ3v) is 2.78. The van der Waals surface area contributed by atoms with Gasteiger partial charge in [-0.1, -0.05) is 11.6 Å². The van der Waals surface area contributed by atoms with Crippen LogP contribution < -0.4 is 16.4 Å². The molecule has 2 aromatic rings. The summed E-state index contributed by atoms with van der Waals surface area (Å²) in [7, 11) is 1.80. The Morgan fingerprint density at radius 2 is 2.33 bits per heavy atom. The van der Waals surface area contributed by atoms with Gasteiger partial charge < -0.3 is 16.4 Å². The van der Waals surface area contributed by atoms with E-state index in [1.807, 2.05) is 6.92 Å². The molecule has 2 amide bonds. The van der Waals surface area contributed by atoms with Gasteiger partial charge in [0.25, 0.3) is 0 Å². The molecule has 0 bridgehead atoms. The lowest BCUT2D eigenvalue weighted by Gasteiger charge is -2.16. The predicted molar refractivity (Wildman–Crippen MR) is 68.7 cm³/mol. The number of primary amides is 1. The highest BCUT2D eigenvalue weighted by Crippen LogP contribution is 2.24. The average Bonchev–Trinajstić information content (AvgIpc) is 2.67. The molecular weight excluding hydrogens is 256 g/mol. The van der Waals surface area contributed by atoms with Gasteiger partial charge in [0.1, 0.15) is 0 Å². The zero-order chi connectivity index (χ0) is 13.3. The van der Waals surface area contributed by atoms with Crippen molar-refractivity contribution in [1.82, 2.24) is 19.9 Å². The van der Waals surface area contributed by atoms with E-state index in [0.717, 1.165) is 5.69 Å². The van der Waals surface area contributed by atoms with Crippen molar-refractivity contribution in [1.29, 1.82) is 0 Å². The van der Waals surface area contributed by atoms with Crippen LogP contribution >= 0.6 is 11.6 Å². The second kappa shape index (κ2) is 4.79. The molecule has 0 radical (unpaired) electrons. The van der Waals surface area contributed by atoms with E-state index in [4.69, 9.17) is 17.3 Å². The number of nitrogens with two attached hydrogens (primary N) is 1. The van der Waals surface area contributed by atoms with Gasteiger partial charge in [-0.25, -0.2) is 14.3 Å². The number of nitrogens with zero attached hydrogens (tertiary/aromatic N) is 3. The monoisotopic (exact) mass is 268 g/mol. The highest BCUT2D eigenvalue weighted by molar-refractivity contribution is 6.29. The van der Waals surface area contributed by atoms with Crippen molar-refractivity contribution in [2.24, 2.45) is 5.73 Å². The van der Waals surface area contributed by atoms with Gasteiger partial charge >= 0.3 is 6.03 Å². The molecule has 0 aliphatic carbocycles. The molecule has 0 aliphatic heterocycles. The first kappa shape index (κ1) is 12.6. The number of hydrogen-bond acceptors (Lipinski definition) is 4. The maximum absolute atomic E-state index is 11.0. The largest absolute Gasteiger partial charge is 0.351 e. The fourth-order valence-electron chi connectivity index (χ4n) is 1.71. The van der Waals surface area contributed by atoms with Crippen LogP contribution in [0, 0.1) is 0 Å². The number of rotatable bonds is 3. The molecule has 7 nitrogen and oxygen atoms in total. The van der Waals surface area contributed by atoms with Gasteiger partial charge in [-0.2, -0.15) is 5.10 Å². The minimum absolute atomic E-state index is 0.0617. The number of amides is 2. The number of carbonyl (C=O) groups is 1. The van der Waals surface area contributed by atoms with Crippen LogP contribution in [-0.2, 0) is 0 Å². The molecule has 18 heavy (non-hydrogen) atoms.